The molecule has 0 aliphatic heterocycles. The fourth-order valence-electron chi connectivity index (χ4n) is 1.64. The molecule has 0 spiro atoms. The van der Waals surface area contributed by atoms with Crippen LogP contribution in [0.1, 0.15) is 27.3 Å². The molecule has 0 saturated heterocycles. The van der Waals surface area contributed by atoms with Crippen LogP contribution in [0.2, 0.25) is 0 Å². The number of aromatic nitrogens is 1. The Morgan fingerprint density at radius 2 is 1.86 bits per heavy atom. The summed E-state index contributed by atoms with van der Waals surface area (Å²) in [4.78, 5) is 15.5. The fourth-order valence-corrected chi connectivity index (χ4v) is 1.64. The summed E-state index contributed by atoms with van der Waals surface area (Å²) >= 11 is 0. The van der Waals surface area contributed by atoms with Gasteiger partial charge in [-0.15, -0.1) is 0 Å². The molecule has 2 rings (SSSR count). The molecule has 0 saturated carbocycles. The fraction of sp³-hybridized carbons (Fsp3) is 0.125. The lowest BCUT2D eigenvalue weighted by molar-refractivity contribution is 0.0593. The normalized spacial score (nSPS) is 9.62. The minimum atomic E-state index is -0.585. The average Bonchev–Trinajstić information content (AvgIpc) is 2.53. The summed E-state index contributed by atoms with van der Waals surface area (Å²) in [6.45, 7) is -0.293. The van der Waals surface area contributed by atoms with Gasteiger partial charge in [-0.3, -0.25) is 0 Å². The number of aliphatic hydroxyl groups is 1. The summed E-state index contributed by atoms with van der Waals surface area (Å²) in [5, 5.41) is 18.4. The van der Waals surface area contributed by atoms with Gasteiger partial charge >= 0.3 is 5.97 Å². The monoisotopic (exact) mass is 283 g/mol. The number of pyridine rings is 1. The van der Waals surface area contributed by atoms with Gasteiger partial charge < -0.3 is 14.9 Å². The molecule has 0 atom stereocenters. The number of nitrogens with zero attached hydrogens (tertiary/aromatic N) is 1. The minimum absolute atomic E-state index is 0.0963. The van der Waals surface area contributed by atoms with Crippen LogP contribution >= 0.6 is 0 Å². The Hall–Kier alpha value is -2.84. The summed E-state index contributed by atoms with van der Waals surface area (Å²) in [6, 6.07) is 9.53. The second-order valence-corrected chi connectivity index (χ2v) is 4.18. The number of aromatic hydroxyl groups is 1. The van der Waals surface area contributed by atoms with E-state index in [9.17, 15) is 9.90 Å². The SMILES string of the molecule is COC(=O)c1cc(C#Cc2ccc(O)cc2)cc(CO)n1. The van der Waals surface area contributed by atoms with Gasteiger partial charge in [-0.1, -0.05) is 11.8 Å². The van der Waals surface area contributed by atoms with Crippen molar-refractivity contribution >= 4 is 5.97 Å². The van der Waals surface area contributed by atoms with E-state index in [-0.39, 0.29) is 18.1 Å². The van der Waals surface area contributed by atoms with Crippen LogP contribution in [0, 0.1) is 11.8 Å². The third-order valence-electron chi connectivity index (χ3n) is 2.65. The lowest BCUT2D eigenvalue weighted by atomic mass is 10.1. The van der Waals surface area contributed by atoms with Crippen molar-refractivity contribution in [2.45, 2.75) is 6.61 Å². The van der Waals surface area contributed by atoms with Crippen molar-refractivity contribution in [2.24, 2.45) is 0 Å². The highest BCUT2D eigenvalue weighted by atomic mass is 16.5. The Labute approximate surface area is 121 Å². The van der Waals surface area contributed by atoms with Crippen LogP contribution in [-0.2, 0) is 11.3 Å². The van der Waals surface area contributed by atoms with E-state index in [0.29, 0.717) is 11.3 Å². The second kappa shape index (κ2) is 6.55. The van der Waals surface area contributed by atoms with Crippen LogP contribution < -0.4 is 0 Å². The number of benzene rings is 1. The van der Waals surface area contributed by atoms with Crippen molar-refractivity contribution in [1.82, 2.24) is 4.98 Å². The molecule has 21 heavy (non-hydrogen) atoms. The molecule has 2 N–H and O–H groups in total. The van der Waals surface area contributed by atoms with E-state index in [4.69, 9.17) is 5.11 Å². The third-order valence-corrected chi connectivity index (χ3v) is 2.65. The van der Waals surface area contributed by atoms with Crippen molar-refractivity contribution in [3.05, 3.63) is 58.9 Å². The molecule has 0 aliphatic rings. The molecule has 5 heteroatoms. The Kier molecular flexibility index (Phi) is 4.54. The Morgan fingerprint density at radius 1 is 1.19 bits per heavy atom. The number of hydrogen-bond acceptors (Lipinski definition) is 5. The van der Waals surface area contributed by atoms with Crippen molar-refractivity contribution < 1.29 is 19.7 Å². The van der Waals surface area contributed by atoms with Crippen molar-refractivity contribution in [2.75, 3.05) is 7.11 Å². The van der Waals surface area contributed by atoms with Gasteiger partial charge in [-0.25, -0.2) is 9.78 Å². The van der Waals surface area contributed by atoms with Crippen LogP contribution in [0.3, 0.4) is 0 Å². The zero-order valence-electron chi connectivity index (χ0n) is 11.3. The molecule has 0 unspecified atom stereocenters. The zero-order valence-corrected chi connectivity index (χ0v) is 11.3. The molecule has 5 nitrogen and oxygen atoms in total. The van der Waals surface area contributed by atoms with Crippen molar-refractivity contribution in [1.29, 1.82) is 0 Å². The predicted molar refractivity (Wildman–Crippen MR) is 75.6 cm³/mol. The molecule has 0 aliphatic carbocycles. The van der Waals surface area contributed by atoms with Gasteiger partial charge in [0.05, 0.1) is 19.4 Å². The van der Waals surface area contributed by atoms with Gasteiger partial charge in [0.25, 0.3) is 0 Å². The first-order valence-corrected chi connectivity index (χ1v) is 6.13. The third kappa shape index (κ3) is 3.81. The topological polar surface area (TPSA) is 79.7 Å². The number of ether oxygens (including phenoxy) is 1. The van der Waals surface area contributed by atoms with E-state index in [1.807, 2.05) is 0 Å². The zero-order chi connectivity index (χ0) is 15.2. The number of rotatable bonds is 2. The maximum absolute atomic E-state index is 11.5. The molecule has 2 aromatic rings. The van der Waals surface area contributed by atoms with Gasteiger partial charge in [0.2, 0.25) is 0 Å². The quantitative estimate of drug-likeness (QED) is 0.644. The largest absolute Gasteiger partial charge is 0.508 e. The smallest absolute Gasteiger partial charge is 0.356 e. The molecule has 1 heterocycles. The van der Waals surface area contributed by atoms with E-state index >= 15 is 0 Å². The van der Waals surface area contributed by atoms with E-state index in [0.717, 1.165) is 5.56 Å². The van der Waals surface area contributed by atoms with Crippen LogP contribution in [0.25, 0.3) is 0 Å². The van der Waals surface area contributed by atoms with E-state index in [1.165, 1.54) is 25.3 Å². The first-order chi connectivity index (χ1) is 10.1. The standard InChI is InChI=1S/C16H13NO4/c1-21-16(20)15-9-12(8-13(10-18)17-15)3-2-11-4-6-14(19)7-5-11/h4-9,18-19H,10H2,1H3. The first-order valence-electron chi connectivity index (χ1n) is 6.13. The molecule has 1 aromatic heterocycles. The second-order valence-electron chi connectivity index (χ2n) is 4.18. The minimum Gasteiger partial charge on any atom is -0.508 e. The summed E-state index contributed by atoms with van der Waals surface area (Å²) in [7, 11) is 1.26. The summed E-state index contributed by atoms with van der Waals surface area (Å²) in [6.07, 6.45) is 0. The van der Waals surface area contributed by atoms with E-state index < -0.39 is 5.97 Å². The molecule has 1 aromatic carbocycles. The number of aliphatic hydroxyl groups excluding tert-OH is 1. The van der Waals surface area contributed by atoms with Gasteiger partial charge in [0.15, 0.2) is 0 Å². The van der Waals surface area contributed by atoms with Crippen LogP contribution in [0.5, 0.6) is 5.75 Å². The Balaban J connectivity index is 2.35. The maximum Gasteiger partial charge on any atom is 0.356 e. The lowest BCUT2D eigenvalue weighted by Gasteiger charge is -2.02. The highest BCUT2D eigenvalue weighted by Crippen LogP contribution is 2.10. The molecule has 0 amide bonds. The molecular formula is C16H13NO4. The van der Waals surface area contributed by atoms with Gasteiger partial charge in [-0.2, -0.15) is 0 Å². The van der Waals surface area contributed by atoms with Crippen molar-refractivity contribution in [3.63, 3.8) is 0 Å². The Bertz CT molecular complexity index is 711. The molecule has 0 fully saturated rings. The van der Waals surface area contributed by atoms with E-state index in [1.54, 1.807) is 18.2 Å². The molecular weight excluding hydrogens is 270 g/mol. The number of carbonyl (C=O) groups is 1. The van der Waals surface area contributed by atoms with Crippen LogP contribution in [0.15, 0.2) is 36.4 Å². The van der Waals surface area contributed by atoms with Gasteiger partial charge in [0, 0.05) is 11.1 Å². The summed E-state index contributed by atoms with van der Waals surface area (Å²) < 4.78 is 4.61. The molecule has 0 bridgehead atoms. The number of esters is 1. The predicted octanol–water partition coefficient (Wildman–Crippen LogP) is 1.47. The highest BCUT2D eigenvalue weighted by molar-refractivity contribution is 5.87. The highest BCUT2D eigenvalue weighted by Gasteiger charge is 2.09. The maximum atomic E-state index is 11.5. The number of carbonyl (C=O) groups excluding carboxylic acids is 1. The Morgan fingerprint density at radius 3 is 2.48 bits per heavy atom. The average molecular weight is 283 g/mol. The van der Waals surface area contributed by atoms with Crippen LogP contribution in [0.4, 0.5) is 0 Å². The lowest BCUT2D eigenvalue weighted by Crippen LogP contribution is -2.07. The van der Waals surface area contributed by atoms with Crippen molar-refractivity contribution in [3.8, 4) is 17.6 Å². The van der Waals surface area contributed by atoms with E-state index in [2.05, 4.69) is 21.6 Å². The number of phenolic OH excluding ortho intramolecular Hbond substituents is 1. The number of hydrogen-bond donors (Lipinski definition) is 2. The first kappa shape index (κ1) is 14.6. The summed E-state index contributed by atoms with van der Waals surface area (Å²) in [5.74, 6) is 5.37. The molecule has 106 valence electrons. The molecule has 0 radical (unpaired) electrons. The van der Waals surface area contributed by atoms with Gasteiger partial charge in [0.1, 0.15) is 11.4 Å². The summed E-state index contributed by atoms with van der Waals surface area (Å²) in [5.41, 5.74) is 1.70. The number of methoxy groups -OCH3 is 1. The van der Waals surface area contributed by atoms with Crippen LogP contribution in [-0.4, -0.2) is 28.3 Å². The van der Waals surface area contributed by atoms with Gasteiger partial charge in [-0.05, 0) is 36.4 Å². The number of phenols is 1.